The smallest absolute Gasteiger partial charge is 0.240 e. The van der Waals surface area contributed by atoms with E-state index in [0.717, 1.165) is 25.7 Å². The highest BCUT2D eigenvalue weighted by Crippen LogP contribution is 2.24. The Morgan fingerprint density at radius 3 is 2.57 bits per heavy atom. The van der Waals surface area contributed by atoms with Crippen LogP contribution in [-0.4, -0.2) is 20.1 Å². The van der Waals surface area contributed by atoms with Gasteiger partial charge in [0.15, 0.2) is 0 Å². The van der Waals surface area contributed by atoms with Gasteiger partial charge in [-0.05, 0) is 43.4 Å². The molecule has 0 spiro atoms. The molecule has 118 valence electrons. The topological polar surface area (TPSA) is 66.4 Å². The predicted molar refractivity (Wildman–Crippen MR) is 78.8 cm³/mol. The van der Waals surface area contributed by atoms with Gasteiger partial charge in [0.1, 0.15) is 5.82 Å². The van der Waals surface area contributed by atoms with Gasteiger partial charge in [-0.2, -0.15) is 0 Å². The Balaban J connectivity index is 2.13. The van der Waals surface area contributed by atoms with E-state index >= 15 is 0 Å². The van der Waals surface area contributed by atoms with Crippen molar-refractivity contribution in [3.63, 3.8) is 0 Å². The fourth-order valence-corrected chi connectivity index (χ4v) is 4.03. The molecular formula is C15H22FNO3S. The van der Waals surface area contributed by atoms with Crippen LogP contribution in [0.3, 0.4) is 0 Å². The maximum Gasteiger partial charge on any atom is 0.240 e. The van der Waals surface area contributed by atoms with E-state index in [9.17, 15) is 12.8 Å². The molecule has 2 N–H and O–H groups in total. The van der Waals surface area contributed by atoms with Gasteiger partial charge < -0.3 is 5.11 Å². The molecule has 0 bridgehead atoms. The first-order valence-corrected chi connectivity index (χ1v) is 8.82. The summed E-state index contributed by atoms with van der Waals surface area (Å²) in [6, 6.07) is 2.50. The van der Waals surface area contributed by atoms with E-state index in [1.165, 1.54) is 25.5 Å². The molecule has 6 heteroatoms. The van der Waals surface area contributed by atoms with E-state index in [0.29, 0.717) is 12.5 Å². The molecule has 4 nitrogen and oxygen atoms in total. The zero-order valence-corrected chi connectivity index (χ0v) is 13.0. The van der Waals surface area contributed by atoms with Gasteiger partial charge in [0.2, 0.25) is 10.0 Å². The number of aliphatic hydroxyl groups excluding tert-OH is 1. The monoisotopic (exact) mass is 315 g/mol. The molecule has 1 aromatic rings. The SMILES string of the molecule is Cc1cc(S(=O)(=O)NCC2CCCCC2)cc(CO)c1F. The first-order chi connectivity index (χ1) is 9.94. The summed E-state index contributed by atoms with van der Waals surface area (Å²) in [5.74, 6) is -0.170. The second-order valence-electron chi connectivity index (χ2n) is 5.73. The molecule has 1 aliphatic rings. The van der Waals surface area contributed by atoms with E-state index in [-0.39, 0.29) is 16.0 Å². The van der Waals surface area contributed by atoms with E-state index < -0.39 is 22.4 Å². The third kappa shape index (κ3) is 4.02. The molecule has 21 heavy (non-hydrogen) atoms. The Hall–Kier alpha value is -0.980. The lowest BCUT2D eigenvalue weighted by Crippen LogP contribution is -2.30. The molecule has 0 aliphatic heterocycles. The zero-order chi connectivity index (χ0) is 15.5. The van der Waals surface area contributed by atoms with Gasteiger partial charge in [-0.25, -0.2) is 17.5 Å². The number of sulfonamides is 1. The minimum Gasteiger partial charge on any atom is -0.392 e. The van der Waals surface area contributed by atoms with Gasteiger partial charge in [-0.15, -0.1) is 0 Å². The van der Waals surface area contributed by atoms with E-state index in [1.54, 1.807) is 0 Å². The largest absolute Gasteiger partial charge is 0.392 e. The highest BCUT2D eigenvalue weighted by molar-refractivity contribution is 7.89. The van der Waals surface area contributed by atoms with Crippen LogP contribution in [0.15, 0.2) is 17.0 Å². The maximum absolute atomic E-state index is 13.7. The summed E-state index contributed by atoms with van der Waals surface area (Å²) < 4.78 is 40.9. The van der Waals surface area contributed by atoms with E-state index in [4.69, 9.17) is 5.11 Å². The van der Waals surface area contributed by atoms with Crippen molar-refractivity contribution in [1.29, 1.82) is 0 Å². The van der Waals surface area contributed by atoms with Crippen molar-refractivity contribution in [2.24, 2.45) is 5.92 Å². The number of halogens is 1. The molecule has 1 fully saturated rings. The zero-order valence-electron chi connectivity index (χ0n) is 12.2. The van der Waals surface area contributed by atoms with Crippen LogP contribution in [0.2, 0.25) is 0 Å². The summed E-state index contributed by atoms with van der Waals surface area (Å²) in [5, 5.41) is 9.11. The van der Waals surface area contributed by atoms with Gasteiger partial charge in [-0.3, -0.25) is 0 Å². The number of hydrogen-bond donors (Lipinski definition) is 2. The fraction of sp³-hybridized carbons (Fsp3) is 0.600. The molecule has 1 saturated carbocycles. The summed E-state index contributed by atoms with van der Waals surface area (Å²) in [6.07, 6.45) is 5.62. The highest BCUT2D eigenvalue weighted by atomic mass is 32.2. The average molecular weight is 315 g/mol. The third-order valence-electron chi connectivity index (χ3n) is 4.07. The van der Waals surface area contributed by atoms with Crippen LogP contribution in [-0.2, 0) is 16.6 Å². The van der Waals surface area contributed by atoms with Crippen molar-refractivity contribution >= 4 is 10.0 Å². The van der Waals surface area contributed by atoms with Crippen LogP contribution >= 0.6 is 0 Å². The minimum absolute atomic E-state index is 0.00745. The van der Waals surface area contributed by atoms with Crippen molar-refractivity contribution in [3.8, 4) is 0 Å². The van der Waals surface area contributed by atoms with Crippen LogP contribution in [0.1, 0.15) is 43.2 Å². The van der Waals surface area contributed by atoms with Crippen LogP contribution in [0.25, 0.3) is 0 Å². The summed E-state index contributed by atoms with van der Waals surface area (Å²) in [5.41, 5.74) is 0.229. The Morgan fingerprint density at radius 2 is 1.95 bits per heavy atom. The quantitative estimate of drug-likeness (QED) is 0.877. The van der Waals surface area contributed by atoms with E-state index in [1.807, 2.05) is 0 Å². The summed E-state index contributed by atoms with van der Waals surface area (Å²) in [4.78, 5) is 0.0151. The highest BCUT2D eigenvalue weighted by Gasteiger charge is 2.20. The Labute approximate surface area is 125 Å². The van der Waals surface area contributed by atoms with Crippen LogP contribution in [0, 0.1) is 18.7 Å². The lowest BCUT2D eigenvalue weighted by molar-refractivity contribution is 0.275. The predicted octanol–water partition coefficient (Wildman–Crippen LogP) is 2.49. The molecule has 1 aromatic carbocycles. The molecule has 0 atom stereocenters. The van der Waals surface area contributed by atoms with E-state index in [2.05, 4.69) is 4.72 Å². The van der Waals surface area contributed by atoms with Crippen LogP contribution < -0.4 is 4.72 Å². The molecule has 0 radical (unpaired) electrons. The van der Waals surface area contributed by atoms with Gasteiger partial charge in [0.05, 0.1) is 11.5 Å². The number of rotatable bonds is 5. The van der Waals surface area contributed by atoms with Crippen molar-refractivity contribution in [1.82, 2.24) is 4.72 Å². The number of benzene rings is 1. The minimum atomic E-state index is -3.66. The lowest BCUT2D eigenvalue weighted by Gasteiger charge is -2.21. The summed E-state index contributed by atoms with van der Waals surface area (Å²) in [7, 11) is -3.66. The number of nitrogens with one attached hydrogen (secondary N) is 1. The molecule has 0 aromatic heterocycles. The average Bonchev–Trinajstić information content (AvgIpc) is 2.49. The molecule has 0 heterocycles. The third-order valence-corrected chi connectivity index (χ3v) is 5.47. The first-order valence-electron chi connectivity index (χ1n) is 7.33. The molecule has 2 rings (SSSR count). The molecular weight excluding hydrogens is 293 g/mol. The second kappa shape index (κ2) is 6.85. The molecule has 0 saturated heterocycles. The maximum atomic E-state index is 13.7. The Morgan fingerprint density at radius 1 is 1.29 bits per heavy atom. The summed E-state index contributed by atoms with van der Waals surface area (Å²) >= 11 is 0. The molecule has 0 amide bonds. The first kappa shape index (κ1) is 16.4. The lowest BCUT2D eigenvalue weighted by atomic mass is 9.90. The number of aliphatic hydroxyl groups is 1. The van der Waals surface area contributed by atoms with Crippen LogP contribution in [0.5, 0.6) is 0 Å². The number of aryl methyl sites for hydroxylation is 1. The second-order valence-corrected chi connectivity index (χ2v) is 7.49. The molecule has 1 aliphatic carbocycles. The van der Waals surface area contributed by atoms with Crippen LogP contribution in [0.4, 0.5) is 4.39 Å². The summed E-state index contributed by atoms with van der Waals surface area (Å²) in [6.45, 7) is 1.40. The fourth-order valence-electron chi connectivity index (χ4n) is 2.78. The normalized spacial score (nSPS) is 17.1. The van der Waals surface area contributed by atoms with Gasteiger partial charge in [0.25, 0.3) is 0 Å². The Kier molecular flexibility index (Phi) is 5.35. The standard InChI is InChI=1S/C15H22FNO3S/c1-11-7-14(8-13(10-18)15(11)16)21(19,20)17-9-12-5-3-2-4-6-12/h7-8,12,17-18H,2-6,9-10H2,1H3. The van der Waals surface area contributed by atoms with Crippen molar-refractivity contribution < 1.29 is 17.9 Å². The van der Waals surface area contributed by atoms with Crippen molar-refractivity contribution in [3.05, 3.63) is 29.1 Å². The van der Waals surface area contributed by atoms with Gasteiger partial charge in [-0.1, -0.05) is 19.3 Å². The Bertz CT molecular complexity index is 595. The van der Waals surface area contributed by atoms with Gasteiger partial charge >= 0.3 is 0 Å². The molecule has 0 unspecified atom stereocenters. The van der Waals surface area contributed by atoms with Crippen molar-refractivity contribution in [2.75, 3.05) is 6.54 Å². The van der Waals surface area contributed by atoms with Crippen molar-refractivity contribution in [2.45, 2.75) is 50.5 Å². The number of hydrogen-bond acceptors (Lipinski definition) is 3. The van der Waals surface area contributed by atoms with Gasteiger partial charge in [0, 0.05) is 12.1 Å².